The maximum absolute atomic E-state index is 15.3. The summed E-state index contributed by atoms with van der Waals surface area (Å²) >= 11 is 0. The highest BCUT2D eigenvalue weighted by atomic mass is 19.4. The Morgan fingerprint density at radius 1 is 0.458 bits per heavy atom. The summed E-state index contributed by atoms with van der Waals surface area (Å²) in [7, 11) is 3.21. The van der Waals surface area contributed by atoms with Gasteiger partial charge in [0, 0.05) is 50.0 Å². The van der Waals surface area contributed by atoms with Gasteiger partial charge in [-0.1, -0.05) is 213 Å². The summed E-state index contributed by atoms with van der Waals surface area (Å²) in [5, 5.41) is 7.21. The monoisotopic (exact) mass is 1420 g/mol. The number of alkyl halides is 3. The second-order valence-corrected chi connectivity index (χ2v) is 30.8. The van der Waals surface area contributed by atoms with E-state index in [2.05, 4.69) is 99.0 Å². The Balaban J connectivity index is 0.741. The molecule has 0 spiro atoms. The van der Waals surface area contributed by atoms with E-state index in [4.69, 9.17) is 14.2 Å². The van der Waals surface area contributed by atoms with E-state index in [-0.39, 0.29) is 11.8 Å². The molecule has 0 radical (unpaired) electrons. The Morgan fingerprint density at radius 2 is 0.879 bits per heavy atom. The maximum Gasteiger partial charge on any atom is 0.416 e. The Kier molecular flexibility index (Phi) is 20.8. The van der Waals surface area contributed by atoms with E-state index in [1.165, 1.54) is 126 Å². The molecule has 0 atom stereocenters. The molecular formula is C97H95F3N2O5. The van der Waals surface area contributed by atoms with Gasteiger partial charge in [0.1, 0.15) is 17.2 Å². The van der Waals surface area contributed by atoms with Crippen LogP contribution in [0.1, 0.15) is 207 Å². The molecule has 0 saturated heterocycles. The van der Waals surface area contributed by atoms with Crippen molar-refractivity contribution in [3.8, 4) is 72.9 Å². The van der Waals surface area contributed by atoms with E-state index in [0.29, 0.717) is 67.9 Å². The molecule has 0 bridgehead atoms. The quantitative estimate of drug-likeness (QED) is 0.0661. The Hall–Kier alpha value is -10.5. The van der Waals surface area contributed by atoms with Crippen LogP contribution in [0.4, 0.5) is 24.5 Å². The van der Waals surface area contributed by atoms with Crippen LogP contribution >= 0.6 is 0 Å². The molecule has 7 nitrogen and oxygen atoms in total. The minimum atomic E-state index is -4.67. The van der Waals surface area contributed by atoms with E-state index in [9.17, 15) is 9.59 Å². The molecule has 3 aliphatic carbocycles. The third-order valence-corrected chi connectivity index (χ3v) is 23.8. The fourth-order valence-corrected chi connectivity index (χ4v) is 17.8. The largest absolute Gasteiger partial charge is 0.497 e. The molecule has 0 unspecified atom stereocenters. The van der Waals surface area contributed by atoms with Gasteiger partial charge in [0.05, 0.1) is 19.8 Å². The van der Waals surface area contributed by atoms with Gasteiger partial charge in [-0.15, -0.1) is 0 Å². The second-order valence-electron chi connectivity index (χ2n) is 30.8. The number of hydrogen-bond donors (Lipinski definition) is 2. The van der Waals surface area contributed by atoms with Gasteiger partial charge in [-0.05, 0) is 261 Å². The predicted octanol–water partition coefficient (Wildman–Crippen LogP) is 26.4. The highest BCUT2D eigenvalue weighted by molar-refractivity contribution is 6.11. The molecule has 15 rings (SSSR count). The first-order valence-corrected chi connectivity index (χ1v) is 38.8. The van der Waals surface area contributed by atoms with Crippen molar-refractivity contribution >= 4 is 40.0 Å². The van der Waals surface area contributed by atoms with E-state index in [1.807, 2.05) is 158 Å². The topological polar surface area (TPSA) is 85.9 Å². The molecule has 2 saturated carbocycles. The van der Waals surface area contributed by atoms with Gasteiger partial charge in [-0.3, -0.25) is 9.59 Å². The van der Waals surface area contributed by atoms with Gasteiger partial charge in [-0.2, -0.15) is 13.2 Å². The summed E-state index contributed by atoms with van der Waals surface area (Å²) in [6.45, 7) is 8.92. The average Bonchev–Trinajstić information content (AvgIpc) is 1.54. The van der Waals surface area contributed by atoms with Crippen molar-refractivity contribution in [2.75, 3.05) is 24.9 Å². The molecule has 544 valence electrons. The number of amides is 2. The van der Waals surface area contributed by atoms with Crippen molar-refractivity contribution in [2.45, 2.75) is 159 Å². The number of benzene rings is 11. The molecule has 1 aliphatic heterocycles. The summed E-state index contributed by atoms with van der Waals surface area (Å²) in [5.74, 6) is 4.10. The normalized spacial score (nSPS) is 17.7. The second kappa shape index (κ2) is 30.8. The lowest BCUT2D eigenvalue weighted by Gasteiger charge is -2.38. The van der Waals surface area contributed by atoms with Gasteiger partial charge in [0.2, 0.25) is 0 Å². The third kappa shape index (κ3) is 14.8. The number of anilines is 2. The highest BCUT2D eigenvalue weighted by Crippen LogP contribution is 2.61. The van der Waals surface area contributed by atoms with Crippen LogP contribution in [0, 0.1) is 11.8 Å². The predicted molar refractivity (Wildman–Crippen MR) is 431 cm³/mol. The summed E-state index contributed by atoms with van der Waals surface area (Å²) in [5.41, 5.74) is 15.8. The maximum atomic E-state index is 15.3. The van der Waals surface area contributed by atoms with Crippen molar-refractivity contribution < 1.29 is 37.0 Å². The van der Waals surface area contributed by atoms with Gasteiger partial charge < -0.3 is 24.8 Å². The van der Waals surface area contributed by atoms with Crippen LogP contribution in [0.2, 0.25) is 0 Å². The molecule has 2 amide bonds. The number of carbonyl (C=O) groups excluding carboxylic acids is 2. The van der Waals surface area contributed by atoms with E-state index in [0.717, 1.165) is 89.7 Å². The first-order valence-electron chi connectivity index (χ1n) is 38.8. The number of carbonyl (C=O) groups is 2. The molecule has 2 N–H and O–H groups in total. The van der Waals surface area contributed by atoms with Crippen LogP contribution in [-0.4, -0.2) is 26.0 Å². The number of ether oxygens (including phenoxy) is 3. The van der Waals surface area contributed by atoms with Gasteiger partial charge in [0.15, 0.2) is 5.60 Å². The fraction of sp³-hybridized carbons (Fsp3) is 0.299. The fourth-order valence-electron chi connectivity index (χ4n) is 17.8. The molecule has 2 fully saturated rings. The standard InChI is InChI=1S/C97H95F3N2O5/c1-7-9-11-13-62-15-19-64(20-16-62)66-23-27-68(28-24-66)70-31-35-74(36-32-70)93(103)101-80-48-39-72(40-49-80)76-59-86(73-41-50-81(51-42-73)102-94(104)75-37-33-71(34-38-75)69-29-25-67(26-30-69)65-21-17-63(18-22-65)14-12-10-8-2)90-88(60-76)89-84-56-47-79(97(98,99)100)61-87(84)92-85(91(89)95(90,3)4)57-58-96(107-92,77-43-52-82(105-5)53-44-77)78-45-54-83(106-6)55-46-78/h23-65H,7-22H2,1-6H3,(H,101,103)(H,102,104). The van der Waals surface area contributed by atoms with Crippen molar-refractivity contribution in [1.82, 2.24) is 0 Å². The summed E-state index contributed by atoms with van der Waals surface area (Å²) in [4.78, 5) is 28.1. The third-order valence-electron chi connectivity index (χ3n) is 23.8. The summed E-state index contributed by atoms with van der Waals surface area (Å²) < 4.78 is 64.5. The van der Waals surface area contributed by atoms with Crippen LogP contribution in [-0.2, 0) is 17.2 Å². The minimum Gasteiger partial charge on any atom is -0.497 e. The van der Waals surface area contributed by atoms with Crippen molar-refractivity contribution in [3.63, 3.8) is 0 Å². The van der Waals surface area contributed by atoms with Crippen LogP contribution in [0.5, 0.6) is 17.2 Å². The number of rotatable bonds is 22. The smallest absolute Gasteiger partial charge is 0.416 e. The van der Waals surface area contributed by atoms with Gasteiger partial charge in [-0.25, -0.2) is 0 Å². The number of fused-ring (bicyclic) bond motifs is 8. The first-order chi connectivity index (χ1) is 52.0. The number of halogens is 3. The molecule has 10 heteroatoms. The van der Waals surface area contributed by atoms with Crippen LogP contribution in [0.15, 0.2) is 231 Å². The molecule has 1 heterocycles. The van der Waals surface area contributed by atoms with Crippen LogP contribution in [0.3, 0.4) is 0 Å². The highest BCUT2D eigenvalue weighted by Gasteiger charge is 2.46. The zero-order valence-corrected chi connectivity index (χ0v) is 62.3. The first kappa shape index (κ1) is 72.1. The summed E-state index contributed by atoms with van der Waals surface area (Å²) in [6, 6.07) is 72.7. The molecule has 107 heavy (non-hydrogen) atoms. The zero-order chi connectivity index (χ0) is 74.0. The van der Waals surface area contributed by atoms with E-state index >= 15 is 13.2 Å². The summed E-state index contributed by atoms with van der Waals surface area (Å²) in [6.07, 6.45) is 20.3. The molecule has 11 aromatic carbocycles. The molecule has 4 aliphatic rings. The zero-order valence-electron chi connectivity index (χ0n) is 62.3. The van der Waals surface area contributed by atoms with Crippen molar-refractivity contribution in [2.24, 2.45) is 11.8 Å². The minimum absolute atomic E-state index is 0.232. The van der Waals surface area contributed by atoms with E-state index in [1.54, 1.807) is 20.3 Å². The SMILES string of the molecule is CCCCCC1CCC(c2ccc(-c3ccc(C(=O)Nc4ccc(-c5cc(-c6ccc(NC(=O)c7ccc(-c8ccc(C9CCC(CCCCC)CC9)cc8)cc7)cc6)c6c(c5)-c5c(c7c(c8cc(C(F)(F)F)ccc58)OC(c5ccc(OC)cc5)(c5ccc(OC)cc5)C=C7)C6(C)C)cc4)cc3)cc2)CC1. The lowest BCUT2D eigenvalue weighted by molar-refractivity contribution is -0.137. The number of methoxy groups -OCH3 is 2. The van der Waals surface area contributed by atoms with Gasteiger partial charge in [0.25, 0.3) is 11.8 Å². The lowest BCUT2D eigenvalue weighted by atomic mass is 9.75. The average molecular weight is 1430 g/mol. The molecule has 11 aromatic rings. The lowest BCUT2D eigenvalue weighted by Crippen LogP contribution is -2.35. The van der Waals surface area contributed by atoms with Crippen LogP contribution < -0.4 is 24.8 Å². The Labute approximate surface area is 628 Å². The number of nitrogens with one attached hydrogen (secondary N) is 2. The van der Waals surface area contributed by atoms with E-state index < -0.39 is 22.8 Å². The van der Waals surface area contributed by atoms with Crippen molar-refractivity contribution in [3.05, 3.63) is 286 Å². The van der Waals surface area contributed by atoms with Crippen LogP contribution in [0.25, 0.3) is 72.5 Å². The molecular weight excluding hydrogens is 1330 g/mol. The number of unbranched alkanes of at least 4 members (excludes halogenated alkanes) is 4. The van der Waals surface area contributed by atoms with Crippen molar-refractivity contribution in [1.29, 1.82) is 0 Å². The van der Waals surface area contributed by atoms with Gasteiger partial charge >= 0.3 is 6.18 Å². The number of hydrogen-bond acceptors (Lipinski definition) is 5. The molecule has 0 aromatic heterocycles. The Bertz CT molecular complexity index is 4980. The Morgan fingerprint density at radius 3 is 1.32 bits per heavy atom.